The van der Waals surface area contributed by atoms with E-state index in [2.05, 4.69) is 14.9 Å². The number of hydrogen-bond acceptors (Lipinski definition) is 4. The number of alkyl halides is 3. The van der Waals surface area contributed by atoms with Gasteiger partial charge in [0.2, 0.25) is 5.16 Å². The van der Waals surface area contributed by atoms with Crippen LogP contribution in [0.1, 0.15) is 5.56 Å². The molecule has 5 nitrogen and oxygen atoms in total. The van der Waals surface area contributed by atoms with Gasteiger partial charge in [0.05, 0.1) is 17.3 Å². The van der Waals surface area contributed by atoms with Crippen LogP contribution in [0.5, 0.6) is 5.75 Å². The smallest absolute Gasteiger partial charge is 0.422 e. The van der Waals surface area contributed by atoms with Gasteiger partial charge in [0, 0.05) is 6.26 Å². The van der Waals surface area contributed by atoms with Crippen molar-refractivity contribution in [1.29, 1.82) is 0 Å². The molecule has 0 aliphatic heterocycles. The Balaban J connectivity index is 2.02. The number of aromatic nitrogens is 3. The van der Waals surface area contributed by atoms with Gasteiger partial charge in [-0.2, -0.15) is 13.2 Å². The van der Waals surface area contributed by atoms with Gasteiger partial charge in [-0.3, -0.25) is 4.21 Å². The zero-order valence-corrected chi connectivity index (χ0v) is 11.8. The fourth-order valence-corrected chi connectivity index (χ4v) is 2.23. The Bertz CT molecular complexity index is 625. The minimum atomic E-state index is -4.36. The molecule has 0 radical (unpaired) electrons. The van der Waals surface area contributed by atoms with E-state index in [1.54, 1.807) is 16.7 Å². The van der Waals surface area contributed by atoms with E-state index in [9.17, 15) is 17.4 Å². The molecule has 2 aromatic rings. The van der Waals surface area contributed by atoms with Crippen LogP contribution in [0.3, 0.4) is 0 Å². The third kappa shape index (κ3) is 4.55. The lowest BCUT2D eigenvalue weighted by Gasteiger charge is -2.10. The maximum atomic E-state index is 12.0. The highest BCUT2D eigenvalue weighted by atomic mass is 32.2. The summed E-state index contributed by atoms with van der Waals surface area (Å²) in [7, 11) is -1.26. The van der Waals surface area contributed by atoms with Crippen molar-refractivity contribution in [3.63, 3.8) is 0 Å². The lowest BCUT2D eigenvalue weighted by atomic mass is 10.2. The highest BCUT2D eigenvalue weighted by Crippen LogP contribution is 2.19. The molecule has 1 atom stereocenters. The predicted molar refractivity (Wildman–Crippen MR) is 69.4 cm³/mol. The quantitative estimate of drug-likeness (QED) is 0.846. The second-order valence-electron chi connectivity index (χ2n) is 4.24. The fourth-order valence-electron chi connectivity index (χ4n) is 1.63. The first-order chi connectivity index (χ1) is 9.85. The van der Waals surface area contributed by atoms with Gasteiger partial charge in [0.1, 0.15) is 12.1 Å². The van der Waals surface area contributed by atoms with Crippen molar-refractivity contribution in [2.24, 2.45) is 0 Å². The summed E-state index contributed by atoms with van der Waals surface area (Å²) < 4.78 is 53.7. The minimum absolute atomic E-state index is 0.138. The van der Waals surface area contributed by atoms with Gasteiger partial charge in [0.15, 0.2) is 6.61 Å². The van der Waals surface area contributed by atoms with Crippen LogP contribution < -0.4 is 4.74 Å². The average molecular weight is 319 g/mol. The Labute approximate surface area is 121 Å². The molecule has 1 aromatic carbocycles. The van der Waals surface area contributed by atoms with Gasteiger partial charge in [-0.05, 0) is 17.7 Å². The largest absolute Gasteiger partial charge is 0.484 e. The molecule has 1 aromatic heterocycles. The van der Waals surface area contributed by atoms with Crippen LogP contribution in [0.15, 0.2) is 35.7 Å². The molecular formula is C12H12F3N3O2S. The van der Waals surface area contributed by atoms with E-state index in [4.69, 9.17) is 0 Å². The van der Waals surface area contributed by atoms with Crippen molar-refractivity contribution in [3.05, 3.63) is 36.2 Å². The number of halogens is 3. The van der Waals surface area contributed by atoms with Gasteiger partial charge in [-0.25, -0.2) is 0 Å². The molecule has 21 heavy (non-hydrogen) atoms. The molecule has 0 spiro atoms. The molecular weight excluding hydrogens is 307 g/mol. The monoisotopic (exact) mass is 319 g/mol. The summed E-state index contributed by atoms with van der Waals surface area (Å²) in [6.07, 6.45) is -1.42. The summed E-state index contributed by atoms with van der Waals surface area (Å²) in [4.78, 5) is 0. The summed E-state index contributed by atoms with van der Waals surface area (Å²) in [6, 6.07) is 6.17. The first-order valence-electron chi connectivity index (χ1n) is 5.85. The van der Waals surface area contributed by atoms with Crippen LogP contribution in [0, 0.1) is 0 Å². The van der Waals surface area contributed by atoms with Crippen LogP contribution in [-0.4, -0.2) is 38.0 Å². The summed E-state index contributed by atoms with van der Waals surface area (Å²) in [6.45, 7) is -0.946. The molecule has 0 N–H and O–H groups in total. The van der Waals surface area contributed by atoms with Crippen molar-refractivity contribution in [2.75, 3.05) is 12.9 Å². The Hall–Kier alpha value is -1.90. The number of hydrogen-bond donors (Lipinski definition) is 0. The molecule has 0 bridgehead atoms. The third-order valence-corrected chi connectivity index (χ3v) is 3.35. The van der Waals surface area contributed by atoms with Gasteiger partial charge >= 0.3 is 6.18 Å². The van der Waals surface area contributed by atoms with Crippen LogP contribution in [0.4, 0.5) is 13.2 Å². The Kier molecular flexibility index (Phi) is 4.61. The number of benzene rings is 1. The molecule has 0 amide bonds. The minimum Gasteiger partial charge on any atom is -0.484 e. The molecule has 2 rings (SSSR count). The standard InChI is InChI=1S/C12H12F3N3O2S/c1-21(19)11-17-16-8-18(11)6-9-2-4-10(5-3-9)20-7-12(13,14)15/h2-5,8H,6-7H2,1H3. The molecule has 0 aliphatic carbocycles. The lowest BCUT2D eigenvalue weighted by Crippen LogP contribution is -2.19. The van der Waals surface area contributed by atoms with Gasteiger partial charge in [-0.15, -0.1) is 10.2 Å². The van der Waals surface area contributed by atoms with E-state index < -0.39 is 23.6 Å². The molecule has 0 saturated carbocycles. The SMILES string of the molecule is CS(=O)c1nncn1Cc1ccc(OCC(F)(F)F)cc1. The van der Waals surface area contributed by atoms with Crippen LogP contribution in [0.2, 0.25) is 0 Å². The highest BCUT2D eigenvalue weighted by Gasteiger charge is 2.28. The Morgan fingerprint density at radius 1 is 1.29 bits per heavy atom. The second kappa shape index (κ2) is 6.25. The normalized spacial score (nSPS) is 13.1. The van der Waals surface area contributed by atoms with Gasteiger partial charge in [0.25, 0.3) is 0 Å². The van der Waals surface area contributed by atoms with E-state index in [1.807, 2.05) is 0 Å². The van der Waals surface area contributed by atoms with E-state index in [0.717, 1.165) is 5.56 Å². The summed E-state index contributed by atoms with van der Waals surface area (Å²) in [5.41, 5.74) is 0.806. The lowest BCUT2D eigenvalue weighted by molar-refractivity contribution is -0.153. The molecule has 0 fully saturated rings. The number of rotatable bonds is 5. The van der Waals surface area contributed by atoms with Gasteiger partial charge < -0.3 is 9.30 Å². The molecule has 0 aliphatic rings. The maximum absolute atomic E-state index is 12.0. The van der Waals surface area contributed by atoms with E-state index >= 15 is 0 Å². The maximum Gasteiger partial charge on any atom is 0.422 e. The Morgan fingerprint density at radius 3 is 2.52 bits per heavy atom. The first kappa shape index (κ1) is 15.5. The van der Waals surface area contributed by atoms with Gasteiger partial charge in [-0.1, -0.05) is 12.1 Å². The average Bonchev–Trinajstić information content (AvgIpc) is 2.85. The molecule has 1 unspecified atom stereocenters. The Morgan fingerprint density at radius 2 is 1.95 bits per heavy atom. The second-order valence-corrected chi connectivity index (χ2v) is 5.52. The zero-order valence-electron chi connectivity index (χ0n) is 11.0. The molecule has 114 valence electrons. The highest BCUT2D eigenvalue weighted by molar-refractivity contribution is 7.84. The van der Waals surface area contributed by atoms with E-state index in [0.29, 0.717) is 11.7 Å². The van der Waals surface area contributed by atoms with Crippen molar-refractivity contribution in [3.8, 4) is 5.75 Å². The van der Waals surface area contributed by atoms with E-state index in [-0.39, 0.29) is 5.75 Å². The number of ether oxygens (including phenoxy) is 1. The summed E-state index contributed by atoms with van der Waals surface area (Å²) in [5.74, 6) is 0.138. The molecule has 1 heterocycles. The van der Waals surface area contributed by atoms with Crippen molar-refractivity contribution in [2.45, 2.75) is 17.9 Å². The first-order valence-corrected chi connectivity index (χ1v) is 7.41. The van der Waals surface area contributed by atoms with E-state index in [1.165, 1.54) is 24.7 Å². The summed E-state index contributed by atoms with van der Waals surface area (Å²) in [5, 5.41) is 7.77. The zero-order chi connectivity index (χ0) is 15.5. The summed E-state index contributed by atoms with van der Waals surface area (Å²) >= 11 is 0. The topological polar surface area (TPSA) is 57.0 Å². The van der Waals surface area contributed by atoms with Crippen molar-refractivity contribution >= 4 is 10.8 Å². The predicted octanol–water partition coefficient (Wildman–Crippen LogP) is 2.00. The fraction of sp³-hybridized carbons (Fsp3) is 0.333. The third-order valence-electron chi connectivity index (χ3n) is 2.52. The molecule has 9 heteroatoms. The van der Waals surface area contributed by atoms with Crippen LogP contribution in [-0.2, 0) is 17.3 Å². The van der Waals surface area contributed by atoms with Crippen LogP contribution >= 0.6 is 0 Å². The van der Waals surface area contributed by atoms with Crippen molar-refractivity contribution < 1.29 is 22.1 Å². The van der Waals surface area contributed by atoms with Crippen LogP contribution in [0.25, 0.3) is 0 Å². The van der Waals surface area contributed by atoms with Crippen molar-refractivity contribution in [1.82, 2.24) is 14.8 Å². The molecule has 0 saturated heterocycles. The number of nitrogens with zero attached hydrogens (tertiary/aromatic N) is 3.